The SMILES string of the molecule is O=C(O)O.O=P(O)(O)O.[SrH2]. The standard InChI is InChI=1S/CH2O3.H3O4P.Sr.2H/c2-1(3)4;1-5(2,3)4;;;/h(H2,2,3,4);(H3,1,2,3,4);;;. The monoisotopic (exact) mass is 250 g/mol. The van der Waals surface area contributed by atoms with Gasteiger partial charge in [0, 0.05) is 0 Å². The van der Waals surface area contributed by atoms with Crippen LogP contribution in [0.25, 0.3) is 0 Å². The van der Waals surface area contributed by atoms with E-state index in [4.69, 9.17) is 34.3 Å². The van der Waals surface area contributed by atoms with E-state index < -0.39 is 14.0 Å². The van der Waals surface area contributed by atoms with Gasteiger partial charge < -0.3 is 24.9 Å². The normalized spacial score (nSPS) is 8.30. The van der Waals surface area contributed by atoms with Gasteiger partial charge >= 0.3 is 59.5 Å². The quantitative estimate of drug-likeness (QED) is 0.257. The molecule has 0 spiro atoms. The molecule has 0 aliphatic rings. The zero-order chi connectivity index (χ0) is 8.08. The summed E-state index contributed by atoms with van der Waals surface area (Å²) in [5.74, 6) is 0. The molecule has 0 heterocycles. The van der Waals surface area contributed by atoms with Gasteiger partial charge in [-0.25, -0.2) is 9.36 Å². The Hall–Kier alpha value is 0.861. The average Bonchev–Trinajstić information content (AvgIpc) is 1.19. The van der Waals surface area contributed by atoms with E-state index in [2.05, 4.69) is 0 Å². The number of rotatable bonds is 0. The van der Waals surface area contributed by atoms with Crippen LogP contribution in [0, 0.1) is 0 Å². The van der Waals surface area contributed by atoms with Crippen molar-refractivity contribution < 1.29 is 34.3 Å². The van der Waals surface area contributed by atoms with Crippen molar-refractivity contribution in [2.24, 2.45) is 0 Å². The molecule has 10 heavy (non-hydrogen) atoms. The van der Waals surface area contributed by atoms with Crippen molar-refractivity contribution in [3.63, 3.8) is 0 Å². The van der Waals surface area contributed by atoms with Crippen molar-refractivity contribution in [3.8, 4) is 0 Å². The molecule has 0 rings (SSSR count). The van der Waals surface area contributed by atoms with Gasteiger partial charge in [-0.3, -0.25) is 0 Å². The summed E-state index contributed by atoms with van der Waals surface area (Å²) >= 11 is 0. The second-order valence-electron chi connectivity index (χ2n) is 0.796. The summed E-state index contributed by atoms with van der Waals surface area (Å²) in [5, 5.41) is 13.9. The number of hydrogen-bond donors (Lipinski definition) is 5. The van der Waals surface area contributed by atoms with Crippen LogP contribution >= 0.6 is 7.82 Å². The summed E-state index contributed by atoms with van der Waals surface area (Å²) in [7, 11) is -4.64. The van der Waals surface area contributed by atoms with Crippen molar-refractivity contribution >= 4 is 59.5 Å². The van der Waals surface area contributed by atoms with Crippen molar-refractivity contribution in [1.82, 2.24) is 0 Å². The Kier molecular flexibility index (Phi) is 13.6. The van der Waals surface area contributed by atoms with Crippen molar-refractivity contribution in [2.45, 2.75) is 0 Å². The van der Waals surface area contributed by atoms with Gasteiger partial charge in [0.1, 0.15) is 0 Å². The molecule has 0 fully saturated rings. The first-order chi connectivity index (χ1) is 3.73. The van der Waals surface area contributed by atoms with Gasteiger partial charge in [0.05, 0.1) is 0 Å². The Morgan fingerprint density at radius 1 is 1.10 bits per heavy atom. The fraction of sp³-hybridized carbons (Fsp3) is 0. The maximum atomic E-state index is 8.88. The van der Waals surface area contributed by atoms with Crippen molar-refractivity contribution in [2.75, 3.05) is 0 Å². The van der Waals surface area contributed by atoms with Gasteiger partial charge in [0.15, 0.2) is 0 Å². The third-order valence-electron chi connectivity index (χ3n) is 0. The summed E-state index contributed by atoms with van der Waals surface area (Å²) < 4.78 is 8.88. The van der Waals surface area contributed by atoms with E-state index in [1.807, 2.05) is 0 Å². The fourth-order valence-electron chi connectivity index (χ4n) is 0. The molecule has 0 atom stereocenters. The number of phosphoric acid groups is 1. The first kappa shape index (κ1) is 17.1. The molecule has 60 valence electrons. The zero-order valence-electron chi connectivity index (χ0n) is 4.00. The molecule has 0 radical (unpaired) electrons. The fourth-order valence-corrected chi connectivity index (χ4v) is 0. The van der Waals surface area contributed by atoms with Crippen LogP contribution in [0.1, 0.15) is 0 Å². The van der Waals surface area contributed by atoms with E-state index in [1.54, 1.807) is 0 Å². The summed E-state index contributed by atoms with van der Waals surface area (Å²) in [4.78, 5) is 30.1. The van der Waals surface area contributed by atoms with Crippen LogP contribution in [0.3, 0.4) is 0 Å². The van der Waals surface area contributed by atoms with Crippen LogP contribution in [0.15, 0.2) is 0 Å². The number of carboxylic acid groups (broad SMARTS) is 2. The summed E-state index contributed by atoms with van der Waals surface area (Å²) in [6.07, 6.45) is -1.83. The molecule has 7 nitrogen and oxygen atoms in total. The Bertz CT molecular complexity index is 113. The van der Waals surface area contributed by atoms with E-state index in [0.717, 1.165) is 0 Å². The summed E-state index contributed by atoms with van der Waals surface area (Å²) in [6.45, 7) is 0. The first-order valence-corrected chi connectivity index (χ1v) is 3.00. The van der Waals surface area contributed by atoms with Gasteiger partial charge in [-0.1, -0.05) is 0 Å². The van der Waals surface area contributed by atoms with E-state index in [-0.39, 0.29) is 45.5 Å². The summed E-state index contributed by atoms with van der Waals surface area (Å²) in [6, 6.07) is 0. The average molecular weight is 250 g/mol. The van der Waals surface area contributed by atoms with Crippen molar-refractivity contribution in [1.29, 1.82) is 0 Å². The molecule has 9 heteroatoms. The Morgan fingerprint density at radius 2 is 1.10 bits per heavy atom. The molecular weight excluding hydrogens is 243 g/mol. The minimum absolute atomic E-state index is 0. The van der Waals surface area contributed by atoms with Crippen LogP contribution in [0.4, 0.5) is 4.79 Å². The van der Waals surface area contributed by atoms with Gasteiger partial charge in [-0.2, -0.15) is 0 Å². The molecule has 0 aromatic rings. The molecule has 0 saturated carbocycles. The molecule has 0 amide bonds. The van der Waals surface area contributed by atoms with Crippen molar-refractivity contribution in [3.05, 3.63) is 0 Å². The van der Waals surface area contributed by atoms with Crippen LogP contribution in [0.5, 0.6) is 0 Å². The van der Waals surface area contributed by atoms with E-state index >= 15 is 0 Å². The summed E-state index contributed by atoms with van der Waals surface area (Å²) in [5.41, 5.74) is 0. The Labute approximate surface area is 92.8 Å². The van der Waals surface area contributed by atoms with Gasteiger partial charge in [-0.05, 0) is 0 Å². The predicted molar refractivity (Wildman–Crippen MR) is 33.5 cm³/mol. The molecule has 0 aromatic carbocycles. The number of hydrogen-bond acceptors (Lipinski definition) is 2. The predicted octanol–water partition coefficient (Wildman–Crippen LogP) is -1.62. The second-order valence-corrected chi connectivity index (χ2v) is 1.82. The molecule has 0 unspecified atom stereocenters. The van der Waals surface area contributed by atoms with Crippen LogP contribution in [-0.2, 0) is 4.57 Å². The third kappa shape index (κ3) is 739. The van der Waals surface area contributed by atoms with Crippen LogP contribution in [-0.4, -0.2) is 76.5 Å². The van der Waals surface area contributed by atoms with E-state index in [0.29, 0.717) is 0 Å². The van der Waals surface area contributed by atoms with Crippen LogP contribution < -0.4 is 0 Å². The molecule has 0 saturated heterocycles. The van der Waals surface area contributed by atoms with Gasteiger partial charge in [0.25, 0.3) is 0 Å². The van der Waals surface area contributed by atoms with Crippen LogP contribution in [0.2, 0.25) is 0 Å². The zero-order valence-corrected chi connectivity index (χ0v) is 4.89. The maximum absolute atomic E-state index is 8.88. The molecule has 0 aliphatic heterocycles. The molecule has 0 bridgehead atoms. The number of carbonyl (C=O) groups is 1. The molecule has 5 N–H and O–H groups in total. The Morgan fingerprint density at radius 3 is 1.10 bits per heavy atom. The molecular formula is CH7O7PSr. The van der Waals surface area contributed by atoms with E-state index in [1.165, 1.54) is 0 Å². The third-order valence-corrected chi connectivity index (χ3v) is 0. The molecule has 0 aromatic heterocycles. The van der Waals surface area contributed by atoms with Gasteiger partial charge in [0.2, 0.25) is 0 Å². The minimum atomic E-state index is -4.64. The Balaban J connectivity index is -0.0000000910. The van der Waals surface area contributed by atoms with Gasteiger partial charge in [-0.15, -0.1) is 0 Å². The van der Waals surface area contributed by atoms with E-state index in [9.17, 15) is 0 Å². The topological polar surface area (TPSA) is 135 Å². The molecule has 0 aliphatic carbocycles. The first-order valence-electron chi connectivity index (χ1n) is 1.43. The second kappa shape index (κ2) is 7.96.